The van der Waals surface area contributed by atoms with Gasteiger partial charge in [-0.25, -0.2) is 12.8 Å². The fourth-order valence-corrected chi connectivity index (χ4v) is 3.41. The largest absolute Gasteiger partial charge is 0.441 e. The molecular formula is C17H14FNO3S. The summed E-state index contributed by atoms with van der Waals surface area (Å²) < 4.78 is 43.2. The van der Waals surface area contributed by atoms with Crippen molar-refractivity contribution in [2.45, 2.75) is 10.8 Å². The third-order valence-corrected chi connectivity index (χ3v) is 4.83. The van der Waals surface area contributed by atoms with E-state index in [2.05, 4.69) is 4.98 Å². The van der Waals surface area contributed by atoms with Gasteiger partial charge in [0.25, 0.3) is 0 Å². The zero-order valence-corrected chi connectivity index (χ0v) is 12.9. The lowest BCUT2D eigenvalue weighted by molar-refractivity contribution is 0.462. The van der Waals surface area contributed by atoms with Crippen LogP contribution in [0.4, 0.5) is 4.39 Å². The zero-order valence-electron chi connectivity index (χ0n) is 12.1. The number of aromatic amines is 1. The first-order valence-electron chi connectivity index (χ1n) is 6.92. The average molecular weight is 331 g/mol. The molecule has 0 unspecified atom stereocenters. The number of para-hydroxylation sites is 1. The molecule has 0 radical (unpaired) electrons. The molecule has 118 valence electrons. The van der Waals surface area contributed by atoms with E-state index in [4.69, 9.17) is 4.74 Å². The number of hydrogen-bond acceptors (Lipinski definition) is 3. The summed E-state index contributed by atoms with van der Waals surface area (Å²) >= 11 is 0. The molecular weight excluding hydrogens is 317 g/mol. The number of sulfone groups is 1. The van der Waals surface area contributed by atoms with Gasteiger partial charge in [-0.2, -0.15) is 0 Å². The molecule has 23 heavy (non-hydrogen) atoms. The summed E-state index contributed by atoms with van der Waals surface area (Å²) in [5.74, 6) is 0.341. The fourth-order valence-electron chi connectivity index (χ4n) is 2.09. The minimum atomic E-state index is -3.56. The van der Waals surface area contributed by atoms with Crippen LogP contribution in [-0.4, -0.2) is 13.4 Å². The number of aromatic nitrogens is 1. The van der Waals surface area contributed by atoms with Crippen molar-refractivity contribution in [2.24, 2.45) is 0 Å². The minimum absolute atomic E-state index is 0.0627. The molecule has 2 aromatic carbocycles. The van der Waals surface area contributed by atoms with E-state index in [1.165, 1.54) is 30.3 Å². The molecule has 3 aromatic rings. The summed E-state index contributed by atoms with van der Waals surface area (Å²) in [5.41, 5.74) is 0.520. The predicted molar refractivity (Wildman–Crippen MR) is 84.6 cm³/mol. The van der Waals surface area contributed by atoms with Gasteiger partial charge in [0.05, 0.1) is 5.75 Å². The lowest BCUT2D eigenvalue weighted by atomic mass is 10.2. The maximum Gasteiger partial charge on any atom is 0.198 e. The number of benzene rings is 2. The van der Waals surface area contributed by atoms with Crippen LogP contribution in [0.2, 0.25) is 0 Å². The van der Waals surface area contributed by atoms with Crippen LogP contribution in [0.5, 0.6) is 11.6 Å². The van der Waals surface area contributed by atoms with E-state index in [1.807, 2.05) is 18.2 Å². The maximum absolute atomic E-state index is 12.9. The van der Waals surface area contributed by atoms with E-state index in [9.17, 15) is 12.8 Å². The average Bonchev–Trinajstić information content (AvgIpc) is 3.00. The topological polar surface area (TPSA) is 59.2 Å². The molecule has 0 saturated heterocycles. The highest BCUT2D eigenvalue weighted by Crippen LogP contribution is 2.23. The molecule has 0 amide bonds. The Kier molecular flexibility index (Phi) is 4.16. The predicted octanol–water partition coefficient (Wildman–Crippen LogP) is 3.92. The van der Waals surface area contributed by atoms with Crippen molar-refractivity contribution in [3.63, 3.8) is 0 Å². The number of hydrogen-bond donors (Lipinski definition) is 1. The van der Waals surface area contributed by atoms with Gasteiger partial charge in [0.2, 0.25) is 0 Å². The molecule has 0 spiro atoms. The Balaban J connectivity index is 1.77. The Morgan fingerprint density at radius 1 is 0.913 bits per heavy atom. The van der Waals surface area contributed by atoms with Crippen molar-refractivity contribution >= 4 is 9.84 Å². The summed E-state index contributed by atoms with van der Waals surface area (Å²) in [6.45, 7) is 0. The van der Waals surface area contributed by atoms with Crippen molar-refractivity contribution in [3.05, 3.63) is 78.1 Å². The van der Waals surface area contributed by atoms with Crippen molar-refractivity contribution in [2.75, 3.05) is 0 Å². The molecule has 1 aromatic heterocycles. The van der Waals surface area contributed by atoms with Gasteiger partial charge in [-0.05, 0) is 35.9 Å². The van der Waals surface area contributed by atoms with E-state index < -0.39 is 15.7 Å². The van der Waals surface area contributed by atoms with Crippen LogP contribution in [-0.2, 0) is 15.6 Å². The van der Waals surface area contributed by atoms with Gasteiger partial charge in [0.15, 0.2) is 15.7 Å². The Bertz CT molecular complexity index is 887. The summed E-state index contributed by atoms with van der Waals surface area (Å²) in [4.78, 5) is 2.75. The smallest absolute Gasteiger partial charge is 0.198 e. The first-order chi connectivity index (χ1) is 11.0. The standard InChI is InChI=1S/C17H14FNO3S/c18-14-8-6-13(7-9-14)12-23(20,21)17-11-10-16(19-17)22-15-4-2-1-3-5-15/h1-11,19H,12H2. The van der Waals surface area contributed by atoms with E-state index in [1.54, 1.807) is 18.2 Å². The molecule has 6 heteroatoms. The number of halogens is 1. The van der Waals surface area contributed by atoms with E-state index in [-0.39, 0.29) is 10.8 Å². The SMILES string of the molecule is O=S(=O)(Cc1ccc(F)cc1)c1ccc(Oc2ccccc2)[nH]1. The van der Waals surface area contributed by atoms with Crippen LogP contribution in [0, 0.1) is 5.82 Å². The second-order valence-electron chi connectivity index (χ2n) is 4.99. The molecule has 0 saturated carbocycles. The van der Waals surface area contributed by atoms with Gasteiger partial charge in [-0.1, -0.05) is 30.3 Å². The molecule has 0 fully saturated rings. The summed E-state index contributed by atoms with van der Waals surface area (Å²) in [7, 11) is -3.56. The minimum Gasteiger partial charge on any atom is -0.441 e. The van der Waals surface area contributed by atoms with Gasteiger partial charge in [-0.3, -0.25) is 0 Å². The highest BCUT2D eigenvalue weighted by molar-refractivity contribution is 7.90. The maximum atomic E-state index is 12.9. The molecule has 4 nitrogen and oxygen atoms in total. The molecule has 1 N–H and O–H groups in total. The van der Waals surface area contributed by atoms with Crippen molar-refractivity contribution < 1.29 is 17.5 Å². The van der Waals surface area contributed by atoms with E-state index >= 15 is 0 Å². The number of ether oxygens (including phenoxy) is 1. The van der Waals surface area contributed by atoms with Crippen molar-refractivity contribution in [3.8, 4) is 11.6 Å². The lowest BCUT2D eigenvalue weighted by Crippen LogP contribution is -2.05. The lowest BCUT2D eigenvalue weighted by Gasteiger charge is -2.04. The Morgan fingerprint density at radius 3 is 2.30 bits per heavy atom. The second-order valence-corrected chi connectivity index (χ2v) is 6.95. The Hall–Kier alpha value is -2.60. The fraction of sp³-hybridized carbons (Fsp3) is 0.0588. The third kappa shape index (κ3) is 3.78. The summed E-state index contributed by atoms with van der Waals surface area (Å²) in [6.07, 6.45) is 0. The monoisotopic (exact) mass is 331 g/mol. The van der Waals surface area contributed by atoms with E-state index in [0.29, 0.717) is 17.2 Å². The van der Waals surface area contributed by atoms with Crippen LogP contribution in [0.15, 0.2) is 71.8 Å². The number of rotatable bonds is 5. The van der Waals surface area contributed by atoms with Gasteiger partial charge >= 0.3 is 0 Å². The number of nitrogens with one attached hydrogen (secondary N) is 1. The summed E-state index contributed by atoms with van der Waals surface area (Å²) in [5, 5.41) is 0.0627. The molecule has 0 atom stereocenters. The van der Waals surface area contributed by atoms with Gasteiger partial charge in [-0.15, -0.1) is 0 Å². The second kappa shape index (κ2) is 6.26. The van der Waals surface area contributed by atoms with Gasteiger partial charge in [0.1, 0.15) is 16.6 Å². The van der Waals surface area contributed by atoms with Crippen LogP contribution >= 0.6 is 0 Å². The van der Waals surface area contributed by atoms with Crippen molar-refractivity contribution in [1.82, 2.24) is 4.98 Å². The third-order valence-electron chi connectivity index (χ3n) is 3.21. The molecule has 3 rings (SSSR count). The molecule has 0 bridgehead atoms. The van der Waals surface area contributed by atoms with Crippen LogP contribution in [0.3, 0.4) is 0 Å². The van der Waals surface area contributed by atoms with E-state index in [0.717, 1.165) is 0 Å². The van der Waals surface area contributed by atoms with Gasteiger partial charge < -0.3 is 9.72 Å². The quantitative estimate of drug-likeness (QED) is 0.771. The first kappa shape index (κ1) is 15.3. The molecule has 0 aliphatic rings. The summed E-state index contributed by atoms with van der Waals surface area (Å²) in [6, 6.07) is 17.5. The Labute approximate surface area is 133 Å². The Morgan fingerprint density at radius 2 is 1.61 bits per heavy atom. The van der Waals surface area contributed by atoms with Gasteiger partial charge in [0, 0.05) is 6.07 Å². The molecule has 1 heterocycles. The molecule has 0 aliphatic carbocycles. The highest BCUT2D eigenvalue weighted by Gasteiger charge is 2.18. The zero-order chi connectivity index (χ0) is 16.3. The number of H-pyrrole nitrogens is 1. The normalized spacial score (nSPS) is 11.3. The van der Waals surface area contributed by atoms with Crippen LogP contribution in [0.25, 0.3) is 0 Å². The highest BCUT2D eigenvalue weighted by atomic mass is 32.2. The van der Waals surface area contributed by atoms with Crippen LogP contribution < -0.4 is 4.74 Å². The molecule has 0 aliphatic heterocycles. The first-order valence-corrected chi connectivity index (χ1v) is 8.57. The van der Waals surface area contributed by atoms with Crippen LogP contribution in [0.1, 0.15) is 5.56 Å². The van der Waals surface area contributed by atoms with Crippen molar-refractivity contribution in [1.29, 1.82) is 0 Å².